The first-order valence-electron chi connectivity index (χ1n) is 1.12. The molecule has 0 saturated heterocycles. The molecule has 0 unspecified atom stereocenters. The molecule has 0 spiro atoms. The molecule has 0 saturated carbocycles. The van der Waals surface area contributed by atoms with E-state index in [-0.39, 0.29) is 0 Å². The van der Waals surface area contributed by atoms with Crippen molar-refractivity contribution in [3.8, 4) is 0 Å². The third-order valence-electron chi connectivity index (χ3n) is 0.197. The summed E-state index contributed by atoms with van der Waals surface area (Å²) in [5.74, 6) is 0. The van der Waals surface area contributed by atoms with Crippen LogP contribution < -0.4 is 0 Å². The summed E-state index contributed by atoms with van der Waals surface area (Å²) in [5, 5.41) is -2.15. The lowest BCUT2D eigenvalue weighted by molar-refractivity contribution is -0.0818. The molecular weight excluding hydrogens is 131 g/mol. The standard InChI is InChI=1S/F2H2NO3P/c1-3(2)7(4,5)6/h(H2,4,5,6). The smallest absolute Gasteiger partial charge is 0.309 e. The molecule has 4 nitrogen and oxygen atoms in total. The minimum absolute atomic E-state index is 2.15. The molecule has 0 aromatic rings. The van der Waals surface area contributed by atoms with Crippen LogP contribution in [0.5, 0.6) is 0 Å². The Labute approximate surface area is 37.4 Å². The second-order valence-electron chi connectivity index (χ2n) is 0.728. The van der Waals surface area contributed by atoms with Gasteiger partial charge in [0.05, 0.1) is 0 Å². The average molecular weight is 133 g/mol. The van der Waals surface area contributed by atoms with Crippen LogP contribution >= 0.6 is 7.75 Å². The van der Waals surface area contributed by atoms with Crippen molar-refractivity contribution in [2.45, 2.75) is 0 Å². The first kappa shape index (κ1) is 6.97. The summed E-state index contributed by atoms with van der Waals surface area (Å²) in [6, 6.07) is 0. The Bertz CT molecular complexity index is 95.1. The normalized spacial score (nSPS) is 12.7. The fourth-order valence-corrected chi connectivity index (χ4v) is 0. The van der Waals surface area contributed by atoms with E-state index in [1.165, 1.54) is 0 Å². The summed E-state index contributed by atoms with van der Waals surface area (Å²) >= 11 is 0. The Morgan fingerprint density at radius 1 is 1.43 bits per heavy atom. The van der Waals surface area contributed by atoms with Crippen molar-refractivity contribution in [2.75, 3.05) is 0 Å². The lowest BCUT2D eigenvalue weighted by Gasteiger charge is -1.98. The zero-order valence-electron chi connectivity index (χ0n) is 2.95. The number of hydrogen-bond donors (Lipinski definition) is 2. The van der Waals surface area contributed by atoms with Crippen molar-refractivity contribution < 1.29 is 23.3 Å². The summed E-state index contributed by atoms with van der Waals surface area (Å²) in [7, 11) is -5.24. The molecule has 7 heteroatoms. The molecule has 0 bridgehead atoms. The molecule has 0 radical (unpaired) electrons. The van der Waals surface area contributed by atoms with Gasteiger partial charge in [0, 0.05) is 0 Å². The van der Waals surface area contributed by atoms with Gasteiger partial charge in [-0.05, 0) is 0 Å². The van der Waals surface area contributed by atoms with Gasteiger partial charge in [0.25, 0.3) is 0 Å². The van der Waals surface area contributed by atoms with Crippen LogP contribution in [0.2, 0.25) is 0 Å². The fourth-order valence-electron chi connectivity index (χ4n) is 0. The summed E-state index contributed by atoms with van der Waals surface area (Å²) in [4.78, 5) is 14.8. The molecule has 0 heterocycles. The molecule has 0 fully saturated rings. The number of nitrogens with zero attached hydrogens (tertiary/aromatic N) is 1. The molecule has 0 aliphatic rings. The van der Waals surface area contributed by atoms with E-state index in [1.807, 2.05) is 0 Å². The lowest BCUT2D eigenvalue weighted by atomic mass is 13.6. The highest BCUT2D eigenvalue weighted by Crippen LogP contribution is 2.40. The minimum Gasteiger partial charge on any atom is -0.309 e. The van der Waals surface area contributed by atoms with Crippen LogP contribution in [0.4, 0.5) is 8.96 Å². The van der Waals surface area contributed by atoms with Gasteiger partial charge in [0.15, 0.2) is 0 Å². The third kappa shape index (κ3) is 2.64. The Balaban J connectivity index is 3.80. The summed E-state index contributed by atoms with van der Waals surface area (Å²) in [6.07, 6.45) is 0. The van der Waals surface area contributed by atoms with Crippen molar-refractivity contribution in [3.05, 3.63) is 0 Å². The second-order valence-corrected chi connectivity index (χ2v) is 2.06. The summed E-state index contributed by atoms with van der Waals surface area (Å²) < 4.78 is 30.4. The third-order valence-corrected chi connectivity index (χ3v) is 0.591. The first-order chi connectivity index (χ1) is 2.94. The van der Waals surface area contributed by atoms with Crippen LogP contribution in [0, 0.1) is 0 Å². The van der Waals surface area contributed by atoms with E-state index < -0.39 is 12.9 Å². The zero-order chi connectivity index (χ0) is 6.08. The molecule has 44 valence electrons. The highest BCUT2D eigenvalue weighted by Gasteiger charge is 2.24. The van der Waals surface area contributed by atoms with Crippen molar-refractivity contribution in [1.29, 1.82) is 0 Å². The Hall–Kier alpha value is -0.0300. The van der Waals surface area contributed by atoms with E-state index in [0.717, 1.165) is 0 Å². The highest BCUT2D eigenvalue weighted by molar-refractivity contribution is 7.48. The van der Waals surface area contributed by atoms with E-state index >= 15 is 0 Å². The van der Waals surface area contributed by atoms with E-state index in [2.05, 4.69) is 0 Å². The van der Waals surface area contributed by atoms with Crippen LogP contribution in [-0.4, -0.2) is 14.9 Å². The minimum atomic E-state index is -5.24. The maximum absolute atomic E-state index is 10.6. The van der Waals surface area contributed by atoms with Gasteiger partial charge >= 0.3 is 7.75 Å². The lowest BCUT2D eigenvalue weighted by Crippen LogP contribution is -1.93. The first-order valence-corrected chi connectivity index (χ1v) is 2.69. The van der Waals surface area contributed by atoms with Gasteiger partial charge in [-0.25, -0.2) is 4.57 Å². The maximum Gasteiger partial charge on any atom is 0.459 e. The predicted molar refractivity (Wildman–Crippen MR) is 16.1 cm³/mol. The monoisotopic (exact) mass is 133 g/mol. The molecule has 0 amide bonds. The van der Waals surface area contributed by atoms with Gasteiger partial charge in [-0.3, -0.25) is 0 Å². The summed E-state index contributed by atoms with van der Waals surface area (Å²) in [5.41, 5.74) is 0. The molecular formula is H2F2NO3P. The SMILES string of the molecule is O=P(O)(O)N(F)F. The van der Waals surface area contributed by atoms with Crippen LogP contribution in [0.3, 0.4) is 0 Å². The van der Waals surface area contributed by atoms with E-state index in [9.17, 15) is 13.5 Å². The largest absolute Gasteiger partial charge is 0.459 e. The number of rotatable bonds is 1. The second kappa shape index (κ2) is 1.83. The van der Waals surface area contributed by atoms with Gasteiger partial charge in [0.2, 0.25) is 0 Å². The van der Waals surface area contributed by atoms with Gasteiger partial charge in [-0.1, -0.05) is 8.96 Å². The highest BCUT2D eigenvalue weighted by atomic mass is 31.2. The molecule has 0 aliphatic carbocycles. The van der Waals surface area contributed by atoms with Gasteiger partial charge in [0.1, 0.15) is 5.11 Å². The molecule has 0 aromatic heterocycles. The van der Waals surface area contributed by atoms with Crippen LogP contribution in [0.25, 0.3) is 0 Å². The zero-order valence-corrected chi connectivity index (χ0v) is 3.85. The maximum atomic E-state index is 10.6. The number of hydrogen-bond acceptors (Lipinski definition) is 1. The van der Waals surface area contributed by atoms with Crippen molar-refractivity contribution in [2.24, 2.45) is 0 Å². The van der Waals surface area contributed by atoms with E-state index in [4.69, 9.17) is 9.79 Å². The van der Waals surface area contributed by atoms with Crippen molar-refractivity contribution in [3.63, 3.8) is 0 Å². The molecule has 7 heavy (non-hydrogen) atoms. The predicted octanol–water partition coefficient (Wildman–Crippen LogP) is 0.150. The fraction of sp³-hybridized carbons (Fsp3) is 0. The molecule has 0 aliphatic heterocycles. The van der Waals surface area contributed by atoms with Gasteiger partial charge in [-0.15, -0.1) is 0 Å². The number of halogens is 2. The van der Waals surface area contributed by atoms with Crippen molar-refractivity contribution >= 4 is 7.75 Å². The van der Waals surface area contributed by atoms with Crippen LogP contribution in [0.1, 0.15) is 0 Å². The van der Waals surface area contributed by atoms with Gasteiger partial charge < -0.3 is 9.79 Å². The Kier molecular flexibility index (Phi) is 1.82. The van der Waals surface area contributed by atoms with Gasteiger partial charge in [-0.2, -0.15) is 0 Å². The molecule has 0 rings (SSSR count). The van der Waals surface area contributed by atoms with Crippen molar-refractivity contribution in [1.82, 2.24) is 5.11 Å². The topological polar surface area (TPSA) is 60.8 Å². The quantitative estimate of drug-likeness (QED) is 0.394. The molecule has 2 N–H and O–H groups in total. The molecule has 0 aromatic carbocycles. The Morgan fingerprint density at radius 3 is 1.57 bits per heavy atom. The van der Waals surface area contributed by atoms with E-state index in [1.54, 1.807) is 0 Å². The summed E-state index contributed by atoms with van der Waals surface area (Å²) in [6.45, 7) is 0. The van der Waals surface area contributed by atoms with E-state index in [0.29, 0.717) is 0 Å². The molecule has 0 atom stereocenters. The van der Waals surface area contributed by atoms with Crippen LogP contribution in [0.15, 0.2) is 0 Å². The Morgan fingerprint density at radius 2 is 1.57 bits per heavy atom. The van der Waals surface area contributed by atoms with Crippen LogP contribution in [-0.2, 0) is 4.57 Å². The average Bonchev–Trinajstić information content (AvgIpc) is 1.31.